The average molecular weight is 288 g/mol. The van der Waals surface area contributed by atoms with Gasteiger partial charge in [-0.2, -0.15) is 0 Å². The van der Waals surface area contributed by atoms with Crippen molar-refractivity contribution in [3.63, 3.8) is 0 Å². The molecule has 3 nitrogen and oxygen atoms in total. The molecule has 1 heterocycles. The van der Waals surface area contributed by atoms with Crippen LogP contribution in [-0.4, -0.2) is 16.7 Å². The monoisotopic (exact) mass is 288 g/mol. The lowest BCUT2D eigenvalue weighted by molar-refractivity contribution is 0.419. The number of fused-ring (bicyclic) bond motifs is 1. The van der Waals surface area contributed by atoms with Crippen molar-refractivity contribution in [1.82, 2.24) is 9.55 Å². The Morgan fingerprint density at radius 2 is 1.95 bits per heavy atom. The molecule has 0 atom stereocenters. The number of aromatic nitrogens is 2. The second kappa shape index (κ2) is 5.09. The van der Waals surface area contributed by atoms with Crippen molar-refractivity contribution in [1.29, 1.82) is 0 Å². The lowest BCUT2D eigenvalue weighted by Crippen LogP contribution is -1.99. The third-order valence-corrected chi connectivity index (χ3v) is 3.57. The summed E-state index contributed by atoms with van der Waals surface area (Å²) >= 11 is 5.36. The average Bonchev–Trinajstić information content (AvgIpc) is 2.77. The SMILES string of the molecule is COc1cccc2c1[nH]c(=S)n2Cc1ccc(F)cc1. The van der Waals surface area contributed by atoms with Gasteiger partial charge in [0.2, 0.25) is 0 Å². The van der Waals surface area contributed by atoms with Crippen molar-refractivity contribution in [3.8, 4) is 5.75 Å². The maximum atomic E-state index is 12.9. The molecule has 0 fully saturated rings. The van der Waals surface area contributed by atoms with Crippen LogP contribution in [0.1, 0.15) is 5.56 Å². The molecule has 5 heteroatoms. The highest BCUT2D eigenvalue weighted by Gasteiger charge is 2.09. The van der Waals surface area contributed by atoms with Gasteiger partial charge in [-0.3, -0.25) is 0 Å². The number of methoxy groups -OCH3 is 1. The lowest BCUT2D eigenvalue weighted by Gasteiger charge is -2.06. The molecule has 20 heavy (non-hydrogen) atoms. The number of ether oxygens (including phenoxy) is 1. The summed E-state index contributed by atoms with van der Waals surface area (Å²) in [6.45, 7) is 0.590. The fraction of sp³-hybridized carbons (Fsp3) is 0.133. The number of hydrogen-bond acceptors (Lipinski definition) is 2. The summed E-state index contributed by atoms with van der Waals surface area (Å²) in [7, 11) is 1.63. The first-order valence-corrected chi connectivity index (χ1v) is 6.60. The Kier molecular flexibility index (Phi) is 3.28. The number of rotatable bonds is 3. The molecule has 0 aliphatic heterocycles. The second-order valence-electron chi connectivity index (χ2n) is 4.50. The Labute approximate surface area is 120 Å². The lowest BCUT2D eigenvalue weighted by atomic mass is 10.2. The van der Waals surface area contributed by atoms with Crippen LogP contribution in [0.25, 0.3) is 11.0 Å². The number of halogens is 1. The van der Waals surface area contributed by atoms with Gasteiger partial charge in [0.15, 0.2) is 4.77 Å². The highest BCUT2D eigenvalue weighted by atomic mass is 32.1. The molecule has 0 amide bonds. The van der Waals surface area contributed by atoms with Crippen LogP contribution < -0.4 is 4.74 Å². The molecule has 0 saturated carbocycles. The van der Waals surface area contributed by atoms with E-state index in [0.717, 1.165) is 22.3 Å². The van der Waals surface area contributed by atoms with E-state index < -0.39 is 0 Å². The third kappa shape index (κ3) is 2.20. The van der Waals surface area contributed by atoms with Crippen molar-refractivity contribution in [2.24, 2.45) is 0 Å². The zero-order valence-electron chi connectivity index (χ0n) is 10.9. The van der Waals surface area contributed by atoms with Gasteiger partial charge in [-0.15, -0.1) is 0 Å². The topological polar surface area (TPSA) is 29.9 Å². The van der Waals surface area contributed by atoms with E-state index in [2.05, 4.69) is 4.98 Å². The van der Waals surface area contributed by atoms with E-state index in [0.29, 0.717) is 11.3 Å². The highest BCUT2D eigenvalue weighted by molar-refractivity contribution is 7.71. The minimum Gasteiger partial charge on any atom is -0.494 e. The fourth-order valence-electron chi connectivity index (χ4n) is 2.25. The minimum absolute atomic E-state index is 0.238. The number of benzene rings is 2. The number of nitrogens with one attached hydrogen (secondary N) is 1. The van der Waals surface area contributed by atoms with Crippen molar-refractivity contribution in [2.45, 2.75) is 6.54 Å². The molecule has 0 radical (unpaired) electrons. The summed E-state index contributed by atoms with van der Waals surface area (Å²) in [6.07, 6.45) is 0. The molecule has 3 rings (SSSR count). The molecular formula is C15H13FN2OS. The van der Waals surface area contributed by atoms with Gasteiger partial charge in [0.1, 0.15) is 17.1 Å². The molecule has 0 aliphatic rings. The molecule has 0 aliphatic carbocycles. The standard InChI is InChI=1S/C15H13FN2OS/c1-19-13-4-2-3-12-14(13)17-15(20)18(12)9-10-5-7-11(16)8-6-10/h2-8H,9H2,1H3,(H,17,20). The zero-order chi connectivity index (χ0) is 14.1. The Morgan fingerprint density at radius 3 is 2.65 bits per heavy atom. The van der Waals surface area contributed by atoms with Crippen molar-refractivity contribution >= 4 is 23.3 Å². The Bertz CT molecular complexity index is 805. The maximum absolute atomic E-state index is 12.9. The number of aromatic amines is 1. The summed E-state index contributed by atoms with van der Waals surface area (Å²) in [4.78, 5) is 3.16. The summed E-state index contributed by atoms with van der Waals surface area (Å²) < 4.78 is 20.9. The third-order valence-electron chi connectivity index (χ3n) is 3.25. The van der Waals surface area contributed by atoms with E-state index in [1.807, 2.05) is 22.8 Å². The van der Waals surface area contributed by atoms with E-state index in [1.54, 1.807) is 19.2 Å². The predicted octanol–water partition coefficient (Wildman–Crippen LogP) is 3.89. The molecule has 0 spiro atoms. The van der Waals surface area contributed by atoms with Gasteiger partial charge in [-0.25, -0.2) is 4.39 Å². The fourth-order valence-corrected chi connectivity index (χ4v) is 2.52. The predicted molar refractivity (Wildman–Crippen MR) is 79.2 cm³/mol. The summed E-state index contributed by atoms with van der Waals surface area (Å²) in [5.41, 5.74) is 2.84. The van der Waals surface area contributed by atoms with Crippen LogP contribution in [0.4, 0.5) is 4.39 Å². The van der Waals surface area contributed by atoms with E-state index in [1.165, 1.54) is 12.1 Å². The second-order valence-corrected chi connectivity index (χ2v) is 4.88. The van der Waals surface area contributed by atoms with Crippen molar-refractivity contribution < 1.29 is 9.13 Å². The molecule has 0 saturated heterocycles. The zero-order valence-corrected chi connectivity index (χ0v) is 11.7. The highest BCUT2D eigenvalue weighted by Crippen LogP contribution is 2.25. The molecule has 3 aromatic rings. The van der Waals surface area contributed by atoms with E-state index in [4.69, 9.17) is 17.0 Å². The summed E-state index contributed by atoms with van der Waals surface area (Å²) in [5, 5.41) is 0. The first-order valence-electron chi connectivity index (χ1n) is 6.19. The number of hydrogen-bond donors (Lipinski definition) is 1. The van der Waals surface area contributed by atoms with Gasteiger partial charge in [-0.1, -0.05) is 18.2 Å². The van der Waals surface area contributed by atoms with Gasteiger partial charge in [0.05, 0.1) is 19.2 Å². The molecular weight excluding hydrogens is 275 g/mol. The van der Waals surface area contributed by atoms with Crippen molar-refractivity contribution in [2.75, 3.05) is 7.11 Å². The summed E-state index contributed by atoms with van der Waals surface area (Å²) in [6, 6.07) is 12.2. The van der Waals surface area contributed by atoms with Crippen LogP contribution in [-0.2, 0) is 6.54 Å². The Morgan fingerprint density at radius 1 is 1.20 bits per heavy atom. The number of H-pyrrole nitrogens is 1. The normalized spacial score (nSPS) is 10.9. The van der Waals surface area contributed by atoms with Gasteiger partial charge < -0.3 is 14.3 Å². The van der Waals surface area contributed by atoms with Gasteiger partial charge >= 0.3 is 0 Å². The quantitative estimate of drug-likeness (QED) is 0.741. The molecule has 1 aromatic heterocycles. The smallest absolute Gasteiger partial charge is 0.178 e. The maximum Gasteiger partial charge on any atom is 0.178 e. The first kappa shape index (κ1) is 12.9. The Balaban J connectivity index is 2.10. The van der Waals surface area contributed by atoms with Gasteiger partial charge in [0, 0.05) is 0 Å². The van der Waals surface area contributed by atoms with E-state index in [-0.39, 0.29) is 5.82 Å². The Hall–Kier alpha value is -2.14. The van der Waals surface area contributed by atoms with Crippen LogP contribution >= 0.6 is 12.2 Å². The van der Waals surface area contributed by atoms with E-state index in [9.17, 15) is 4.39 Å². The molecule has 0 bridgehead atoms. The molecule has 102 valence electrons. The van der Waals surface area contributed by atoms with Gasteiger partial charge in [0.25, 0.3) is 0 Å². The minimum atomic E-state index is -0.238. The number of nitrogens with zero attached hydrogens (tertiary/aromatic N) is 1. The van der Waals surface area contributed by atoms with Gasteiger partial charge in [-0.05, 0) is 42.0 Å². The molecule has 1 N–H and O–H groups in total. The van der Waals surface area contributed by atoms with Crippen LogP contribution in [0.2, 0.25) is 0 Å². The molecule has 2 aromatic carbocycles. The molecule has 0 unspecified atom stereocenters. The largest absolute Gasteiger partial charge is 0.494 e. The van der Waals surface area contributed by atoms with Crippen LogP contribution in [0.15, 0.2) is 42.5 Å². The number of para-hydroxylation sites is 1. The van der Waals surface area contributed by atoms with E-state index >= 15 is 0 Å². The van der Waals surface area contributed by atoms with Crippen LogP contribution in [0.3, 0.4) is 0 Å². The van der Waals surface area contributed by atoms with Crippen molar-refractivity contribution in [3.05, 3.63) is 58.6 Å². The van der Waals surface area contributed by atoms with Crippen LogP contribution in [0.5, 0.6) is 5.75 Å². The summed E-state index contributed by atoms with van der Waals surface area (Å²) in [5.74, 6) is 0.518. The number of imidazole rings is 1. The van der Waals surface area contributed by atoms with Crippen LogP contribution in [0, 0.1) is 10.6 Å². The first-order chi connectivity index (χ1) is 9.69.